The second kappa shape index (κ2) is 5.90. The summed E-state index contributed by atoms with van der Waals surface area (Å²) in [4.78, 5) is 12.4. The van der Waals surface area contributed by atoms with Gasteiger partial charge in [0.05, 0.1) is 13.2 Å². The van der Waals surface area contributed by atoms with Gasteiger partial charge < -0.3 is 15.4 Å². The van der Waals surface area contributed by atoms with Gasteiger partial charge in [0.25, 0.3) is 0 Å². The Hall–Kier alpha value is -1.81. The number of nitrogens with one attached hydrogen (secondary N) is 2. The number of carbonyl (C=O) groups excluding carboxylic acids is 1. The lowest BCUT2D eigenvalue weighted by atomic mass is 10.00. The minimum atomic E-state index is 0.0687. The first-order valence-electron chi connectivity index (χ1n) is 7.53. The van der Waals surface area contributed by atoms with Gasteiger partial charge in [-0.05, 0) is 49.0 Å². The highest BCUT2D eigenvalue weighted by Crippen LogP contribution is 2.41. The minimum absolute atomic E-state index is 0.0687. The van der Waals surface area contributed by atoms with Gasteiger partial charge in [-0.3, -0.25) is 4.79 Å². The molecule has 1 aromatic carbocycles. The summed E-state index contributed by atoms with van der Waals surface area (Å²) < 4.78 is 5.20. The molecule has 1 aliphatic carbocycles. The van der Waals surface area contributed by atoms with E-state index in [0.29, 0.717) is 5.92 Å². The smallest absolute Gasteiger partial charge is 0.247 e. The van der Waals surface area contributed by atoms with E-state index in [9.17, 15) is 4.79 Å². The van der Waals surface area contributed by atoms with Gasteiger partial charge in [0.1, 0.15) is 5.75 Å². The summed E-state index contributed by atoms with van der Waals surface area (Å²) in [5.74, 6) is 1.48. The molecule has 1 saturated heterocycles. The third kappa shape index (κ3) is 3.10. The molecular formula is C17H22N2O2. The fraction of sp³-hybridized carbons (Fsp3) is 0.471. The van der Waals surface area contributed by atoms with Crippen LogP contribution in [0, 0.1) is 5.92 Å². The maximum Gasteiger partial charge on any atom is 0.247 e. The molecule has 4 heteroatoms. The van der Waals surface area contributed by atoms with Gasteiger partial charge >= 0.3 is 0 Å². The topological polar surface area (TPSA) is 50.4 Å². The number of hydrogen-bond acceptors (Lipinski definition) is 3. The van der Waals surface area contributed by atoms with Crippen molar-refractivity contribution in [3.63, 3.8) is 0 Å². The van der Waals surface area contributed by atoms with Crippen LogP contribution in [0.3, 0.4) is 0 Å². The lowest BCUT2D eigenvalue weighted by Gasteiger charge is -2.24. The third-order valence-electron chi connectivity index (χ3n) is 4.40. The Morgan fingerprint density at radius 2 is 1.95 bits per heavy atom. The third-order valence-corrected chi connectivity index (χ3v) is 4.40. The van der Waals surface area contributed by atoms with E-state index in [1.54, 1.807) is 7.11 Å². The van der Waals surface area contributed by atoms with E-state index >= 15 is 0 Å². The Kier molecular flexibility index (Phi) is 3.97. The van der Waals surface area contributed by atoms with Crippen LogP contribution < -0.4 is 15.4 Å². The molecule has 1 heterocycles. The Balaban J connectivity index is 1.73. The Morgan fingerprint density at radius 1 is 1.29 bits per heavy atom. The summed E-state index contributed by atoms with van der Waals surface area (Å²) in [6, 6.07) is 8.13. The molecule has 4 nitrogen and oxygen atoms in total. The Morgan fingerprint density at radius 3 is 2.43 bits per heavy atom. The molecule has 0 aromatic heterocycles. The van der Waals surface area contributed by atoms with Crippen molar-refractivity contribution in [2.24, 2.45) is 5.92 Å². The Labute approximate surface area is 125 Å². The summed E-state index contributed by atoms with van der Waals surface area (Å²) >= 11 is 0. The summed E-state index contributed by atoms with van der Waals surface area (Å²) in [6.07, 6.45) is 2.38. The van der Waals surface area contributed by atoms with Crippen molar-refractivity contribution in [3.05, 3.63) is 41.0 Å². The predicted molar refractivity (Wildman–Crippen MR) is 82.2 cm³/mol. The number of methoxy groups -OCH3 is 1. The SMILES string of the molecule is COc1ccc(C(NC(=O)C(C)=C2CNC2)C2CC2)cc1. The predicted octanol–water partition coefficient (Wildman–Crippen LogP) is 2.18. The summed E-state index contributed by atoms with van der Waals surface area (Å²) in [7, 11) is 1.66. The van der Waals surface area contributed by atoms with Crippen molar-refractivity contribution >= 4 is 5.91 Å². The van der Waals surface area contributed by atoms with Crippen molar-refractivity contribution in [3.8, 4) is 5.75 Å². The van der Waals surface area contributed by atoms with Gasteiger partial charge in [-0.2, -0.15) is 0 Å². The van der Waals surface area contributed by atoms with Crippen LogP contribution in [0.1, 0.15) is 31.4 Å². The van der Waals surface area contributed by atoms with Crippen LogP contribution in [0.2, 0.25) is 0 Å². The van der Waals surface area contributed by atoms with Crippen LogP contribution in [0.4, 0.5) is 0 Å². The van der Waals surface area contributed by atoms with E-state index in [1.165, 1.54) is 18.4 Å². The first-order chi connectivity index (χ1) is 10.2. The number of carbonyl (C=O) groups is 1. The maximum absolute atomic E-state index is 12.4. The highest BCUT2D eigenvalue weighted by Gasteiger charge is 2.34. The van der Waals surface area contributed by atoms with Crippen LogP contribution >= 0.6 is 0 Å². The molecule has 2 N–H and O–H groups in total. The van der Waals surface area contributed by atoms with Crippen molar-refractivity contribution in [1.29, 1.82) is 0 Å². The maximum atomic E-state index is 12.4. The molecule has 0 radical (unpaired) electrons. The highest BCUT2D eigenvalue weighted by atomic mass is 16.5. The molecule has 1 unspecified atom stereocenters. The molecule has 1 saturated carbocycles. The standard InChI is InChI=1S/C17H22N2O2/c1-11(14-9-18-10-14)17(20)19-16(12-3-4-12)13-5-7-15(21-2)8-6-13/h5-8,12,16,18H,3-4,9-10H2,1-2H3,(H,19,20). The molecule has 0 bridgehead atoms. The molecule has 1 aliphatic heterocycles. The number of ether oxygens (including phenoxy) is 1. The minimum Gasteiger partial charge on any atom is -0.497 e. The van der Waals surface area contributed by atoms with Crippen molar-refractivity contribution in [2.75, 3.05) is 20.2 Å². The van der Waals surface area contributed by atoms with E-state index in [2.05, 4.69) is 22.8 Å². The average Bonchev–Trinajstić information content (AvgIpc) is 3.27. The highest BCUT2D eigenvalue weighted by molar-refractivity contribution is 5.94. The summed E-state index contributed by atoms with van der Waals surface area (Å²) in [6.45, 7) is 3.61. The zero-order valence-electron chi connectivity index (χ0n) is 12.6. The lowest BCUT2D eigenvalue weighted by Crippen LogP contribution is -2.38. The molecule has 2 aliphatic rings. The van der Waals surface area contributed by atoms with Crippen molar-refractivity contribution in [2.45, 2.75) is 25.8 Å². The van der Waals surface area contributed by atoms with Gasteiger partial charge in [0.15, 0.2) is 0 Å². The monoisotopic (exact) mass is 286 g/mol. The van der Waals surface area contributed by atoms with E-state index in [1.807, 2.05) is 19.1 Å². The molecule has 0 spiro atoms. The Bertz CT molecular complexity index is 553. The van der Waals surface area contributed by atoms with Gasteiger partial charge in [0, 0.05) is 18.7 Å². The number of benzene rings is 1. The fourth-order valence-electron chi connectivity index (χ4n) is 2.64. The average molecular weight is 286 g/mol. The molecule has 21 heavy (non-hydrogen) atoms. The molecule has 3 rings (SSSR count). The number of rotatable bonds is 5. The number of amides is 1. The molecule has 1 aromatic rings. The molecular weight excluding hydrogens is 264 g/mol. The van der Waals surface area contributed by atoms with Crippen LogP contribution in [-0.4, -0.2) is 26.1 Å². The second-order valence-corrected chi connectivity index (χ2v) is 5.89. The van der Waals surface area contributed by atoms with Crippen molar-refractivity contribution in [1.82, 2.24) is 10.6 Å². The van der Waals surface area contributed by atoms with E-state index in [4.69, 9.17) is 4.74 Å². The van der Waals surface area contributed by atoms with Crippen molar-refractivity contribution < 1.29 is 9.53 Å². The zero-order chi connectivity index (χ0) is 14.8. The van der Waals surface area contributed by atoms with E-state index in [0.717, 1.165) is 30.0 Å². The van der Waals surface area contributed by atoms with Crippen LogP contribution in [0.15, 0.2) is 35.4 Å². The second-order valence-electron chi connectivity index (χ2n) is 5.89. The first kappa shape index (κ1) is 14.1. The molecule has 1 atom stereocenters. The lowest BCUT2D eigenvalue weighted by molar-refractivity contribution is -0.118. The number of hydrogen-bond donors (Lipinski definition) is 2. The molecule has 112 valence electrons. The van der Waals surface area contributed by atoms with Gasteiger partial charge in [-0.1, -0.05) is 12.1 Å². The zero-order valence-corrected chi connectivity index (χ0v) is 12.6. The quantitative estimate of drug-likeness (QED) is 0.816. The van der Waals surface area contributed by atoms with Gasteiger partial charge in [-0.15, -0.1) is 0 Å². The van der Waals surface area contributed by atoms with Gasteiger partial charge in [0.2, 0.25) is 5.91 Å². The van der Waals surface area contributed by atoms with E-state index in [-0.39, 0.29) is 11.9 Å². The largest absolute Gasteiger partial charge is 0.497 e. The van der Waals surface area contributed by atoms with Crippen LogP contribution in [0.25, 0.3) is 0 Å². The first-order valence-corrected chi connectivity index (χ1v) is 7.53. The normalized spacial score (nSPS) is 18.7. The fourth-order valence-corrected chi connectivity index (χ4v) is 2.64. The summed E-state index contributed by atoms with van der Waals surface area (Å²) in [5, 5.41) is 6.39. The summed E-state index contributed by atoms with van der Waals surface area (Å²) in [5.41, 5.74) is 3.25. The van der Waals surface area contributed by atoms with Crippen LogP contribution in [-0.2, 0) is 4.79 Å². The van der Waals surface area contributed by atoms with Crippen LogP contribution in [0.5, 0.6) is 5.75 Å². The van der Waals surface area contributed by atoms with E-state index < -0.39 is 0 Å². The molecule has 2 fully saturated rings. The van der Waals surface area contributed by atoms with Gasteiger partial charge in [-0.25, -0.2) is 0 Å². The molecule has 1 amide bonds.